The van der Waals surface area contributed by atoms with Crippen molar-refractivity contribution in [1.82, 2.24) is 4.90 Å². The van der Waals surface area contributed by atoms with E-state index in [1.54, 1.807) is 47.4 Å². The van der Waals surface area contributed by atoms with Crippen LogP contribution in [0.25, 0.3) is 5.57 Å². The Hall–Kier alpha value is -2.68. The summed E-state index contributed by atoms with van der Waals surface area (Å²) >= 11 is 12.6. The van der Waals surface area contributed by atoms with Gasteiger partial charge in [-0.05, 0) is 30.7 Å². The minimum Gasteiger partial charge on any atom is -0.324 e. The summed E-state index contributed by atoms with van der Waals surface area (Å²) < 4.78 is 0.459. The summed E-state index contributed by atoms with van der Waals surface area (Å²) in [5, 5.41) is 3.26. The molecule has 1 saturated heterocycles. The average Bonchev–Trinajstić information content (AvgIpc) is 3.21. The predicted molar refractivity (Wildman–Crippen MR) is 137 cm³/mol. The van der Waals surface area contributed by atoms with Crippen LogP contribution in [0.15, 0.2) is 53.4 Å². The van der Waals surface area contributed by atoms with Gasteiger partial charge in [-0.25, -0.2) is 0 Å². The Morgan fingerprint density at radius 2 is 1.85 bits per heavy atom. The second-order valence-electron chi connectivity index (χ2n) is 7.70. The first kappa shape index (κ1) is 23.5. The molecule has 9 heteroatoms. The van der Waals surface area contributed by atoms with E-state index < -0.39 is 0 Å². The van der Waals surface area contributed by atoms with Gasteiger partial charge in [0.15, 0.2) is 0 Å². The molecule has 0 aliphatic carbocycles. The van der Waals surface area contributed by atoms with Crippen LogP contribution in [0.3, 0.4) is 0 Å². The van der Waals surface area contributed by atoms with E-state index in [0.717, 1.165) is 31.0 Å². The number of unbranched alkanes of at least 4 members (excludes halogenated alkanes) is 2. The van der Waals surface area contributed by atoms with Crippen LogP contribution in [0, 0.1) is 0 Å². The van der Waals surface area contributed by atoms with Gasteiger partial charge in [0.25, 0.3) is 11.8 Å². The van der Waals surface area contributed by atoms with Gasteiger partial charge in [0, 0.05) is 22.8 Å². The minimum absolute atomic E-state index is 0.192. The Morgan fingerprint density at radius 1 is 1.06 bits per heavy atom. The number of anilines is 2. The minimum atomic E-state index is -0.383. The Labute approximate surface area is 207 Å². The van der Waals surface area contributed by atoms with E-state index in [1.807, 2.05) is 6.07 Å². The number of nitrogens with zero attached hydrogens (tertiary/aromatic N) is 2. The van der Waals surface area contributed by atoms with Crippen LogP contribution in [-0.2, 0) is 14.4 Å². The molecule has 4 rings (SSSR count). The van der Waals surface area contributed by atoms with Gasteiger partial charge in [-0.15, -0.1) is 0 Å². The summed E-state index contributed by atoms with van der Waals surface area (Å²) in [6.45, 7) is 2.44. The number of rotatable bonds is 7. The van der Waals surface area contributed by atoms with Gasteiger partial charge in [-0.3, -0.25) is 24.2 Å². The third-order valence-electron chi connectivity index (χ3n) is 5.39. The molecule has 2 aromatic rings. The van der Waals surface area contributed by atoms with Crippen molar-refractivity contribution < 1.29 is 14.4 Å². The van der Waals surface area contributed by atoms with Crippen molar-refractivity contribution in [3.05, 3.63) is 64.0 Å². The van der Waals surface area contributed by atoms with Crippen LogP contribution >= 0.6 is 35.6 Å². The highest BCUT2D eigenvalue weighted by Gasteiger charge is 2.42. The fourth-order valence-corrected chi connectivity index (χ4v) is 5.40. The number of benzene rings is 2. The van der Waals surface area contributed by atoms with E-state index in [9.17, 15) is 14.4 Å². The van der Waals surface area contributed by atoms with Crippen molar-refractivity contribution >= 4 is 74.6 Å². The lowest BCUT2D eigenvalue weighted by Gasteiger charge is -2.17. The molecule has 170 valence electrons. The molecule has 33 heavy (non-hydrogen) atoms. The third kappa shape index (κ3) is 4.83. The lowest BCUT2D eigenvalue weighted by molar-refractivity contribution is -0.122. The molecule has 0 bridgehead atoms. The highest BCUT2D eigenvalue weighted by atomic mass is 35.5. The zero-order valence-corrected chi connectivity index (χ0v) is 20.4. The number of thioether (sulfide) groups is 1. The van der Waals surface area contributed by atoms with Gasteiger partial charge in [0.2, 0.25) is 5.91 Å². The number of amides is 3. The van der Waals surface area contributed by atoms with E-state index in [2.05, 4.69) is 12.2 Å². The Morgan fingerprint density at radius 3 is 2.61 bits per heavy atom. The molecule has 2 aromatic carbocycles. The molecule has 0 atom stereocenters. The van der Waals surface area contributed by atoms with Gasteiger partial charge in [-0.1, -0.05) is 79.6 Å². The van der Waals surface area contributed by atoms with Gasteiger partial charge in [0.05, 0.1) is 16.2 Å². The molecule has 1 fully saturated rings. The maximum Gasteiger partial charge on any atom is 0.267 e. The van der Waals surface area contributed by atoms with Crippen LogP contribution < -0.4 is 10.2 Å². The lowest BCUT2D eigenvalue weighted by atomic mass is 10.1. The molecule has 2 aliphatic rings. The Bertz CT molecular complexity index is 1180. The number of hydrogen-bond acceptors (Lipinski definition) is 5. The average molecular weight is 500 g/mol. The SMILES string of the molecule is CCCCCN1C(=O)C(=C2C(=O)N(CC(=O)Nc3cccc(Cl)c3)c3ccccc32)SC1=S. The number of halogens is 1. The molecular formula is C24H22ClN3O3S2. The molecule has 1 N–H and O–H groups in total. The van der Waals surface area contributed by atoms with Crippen LogP contribution in [0.5, 0.6) is 0 Å². The predicted octanol–water partition coefficient (Wildman–Crippen LogP) is 5.09. The van der Waals surface area contributed by atoms with Crippen molar-refractivity contribution in [3.8, 4) is 0 Å². The molecule has 0 spiro atoms. The zero-order valence-electron chi connectivity index (χ0n) is 18.0. The molecule has 2 heterocycles. The second-order valence-corrected chi connectivity index (χ2v) is 9.78. The van der Waals surface area contributed by atoms with Gasteiger partial charge in [-0.2, -0.15) is 0 Å². The van der Waals surface area contributed by atoms with Crippen molar-refractivity contribution in [2.75, 3.05) is 23.3 Å². The molecule has 2 aliphatic heterocycles. The summed E-state index contributed by atoms with van der Waals surface area (Å²) in [6, 6.07) is 14.0. The quantitative estimate of drug-likeness (QED) is 0.326. The number of thiocarbonyl (C=S) groups is 1. The first-order valence-electron chi connectivity index (χ1n) is 10.6. The molecule has 6 nitrogen and oxygen atoms in total. The maximum absolute atomic E-state index is 13.5. The summed E-state index contributed by atoms with van der Waals surface area (Å²) in [6.07, 6.45) is 2.89. The van der Waals surface area contributed by atoms with E-state index in [1.165, 1.54) is 4.90 Å². The molecule has 0 saturated carbocycles. The zero-order chi connectivity index (χ0) is 23.5. The lowest BCUT2D eigenvalue weighted by Crippen LogP contribution is -2.35. The highest BCUT2D eigenvalue weighted by molar-refractivity contribution is 8.26. The third-order valence-corrected chi connectivity index (χ3v) is 7.08. The normalized spacial score (nSPS) is 17.7. The van der Waals surface area contributed by atoms with Gasteiger partial charge < -0.3 is 5.32 Å². The second kappa shape index (κ2) is 10.1. The smallest absolute Gasteiger partial charge is 0.267 e. The monoisotopic (exact) mass is 499 g/mol. The van der Waals surface area contributed by atoms with Crippen LogP contribution in [-0.4, -0.2) is 40.0 Å². The fourth-order valence-electron chi connectivity index (χ4n) is 3.83. The molecule has 3 amide bonds. The number of fused-ring (bicyclic) bond motifs is 1. The maximum atomic E-state index is 13.5. The highest BCUT2D eigenvalue weighted by Crippen LogP contribution is 2.44. The fraction of sp³-hybridized carbons (Fsp3) is 0.250. The van der Waals surface area contributed by atoms with E-state index in [-0.39, 0.29) is 24.3 Å². The van der Waals surface area contributed by atoms with Crippen LogP contribution in [0.1, 0.15) is 31.7 Å². The molecule has 0 radical (unpaired) electrons. The number of carbonyl (C=O) groups excluding carboxylic acids is 3. The number of nitrogens with one attached hydrogen (secondary N) is 1. The van der Waals surface area contributed by atoms with Crippen molar-refractivity contribution in [2.45, 2.75) is 26.2 Å². The number of hydrogen-bond donors (Lipinski definition) is 1. The van der Waals surface area contributed by atoms with Gasteiger partial charge in [0.1, 0.15) is 10.9 Å². The Kier molecular flexibility index (Phi) is 7.17. The van der Waals surface area contributed by atoms with Crippen molar-refractivity contribution in [2.24, 2.45) is 0 Å². The largest absolute Gasteiger partial charge is 0.324 e. The molecule has 0 unspecified atom stereocenters. The Balaban J connectivity index is 1.60. The van der Waals surface area contributed by atoms with Gasteiger partial charge >= 0.3 is 0 Å². The first-order valence-corrected chi connectivity index (χ1v) is 12.3. The molecular weight excluding hydrogens is 478 g/mol. The summed E-state index contributed by atoms with van der Waals surface area (Å²) in [4.78, 5) is 42.6. The van der Waals surface area contributed by atoms with Crippen molar-refractivity contribution in [1.29, 1.82) is 0 Å². The number of para-hydroxylation sites is 1. The summed E-state index contributed by atoms with van der Waals surface area (Å²) in [7, 11) is 0. The first-order chi connectivity index (χ1) is 15.9. The summed E-state index contributed by atoms with van der Waals surface area (Å²) in [5.74, 6) is -0.996. The van der Waals surface area contributed by atoms with E-state index >= 15 is 0 Å². The van der Waals surface area contributed by atoms with Crippen molar-refractivity contribution in [3.63, 3.8) is 0 Å². The topological polar surface area (TPSA) is 69.7 Å². The summed E-state index contributed by atoms with van der Waals surface area (Å²) in [5.41, 5.74) is 2.07. The standard InChI is InChI=1S/C24H22ClN3O3S2/c1-2-3-6-12-27-23(31)21(33-24(27)32)20-17-10-4-5-11-18(17)28(22(20)30)14-19(29)26-16-9-7-8-15(25)13-16/h4-5,7-11,13H,2-3,6,12,14H2,1H3,(H,26,29). The van der Waals surface area contributed by atoms with Crippen LogP contribution in [0.4, 0.5) is 11.4 Å². The van der Waals surface area contributed by atoms with E-state index in [0.29, 0.717) is 43.3 Å². The molecule has 0 aromatic heterocycles. The van der Waals surface area contributed by atoms with E-state index in [4.69, 9.17) is 23.8 Å². The van der Waals surface area contributed by atoms with Crippen LogP contribution in [0.2, 0.25) is 5.02 Å². The number of carbonyl (C=O) groups is 3.